The molecule has 0 atom stereocenters. The van der Waals surface area contributed by atoms with E-state index >= 15 is 0 Å². The summed E-state index contributed by atoms with van der Waals surface area (Å²) in [5, 5.41) is 3.95. The molecule has 1 fully saturated rings. The minimum atomic E-state index is -0.140. The average Bonchev–Trinajstić information content (AvgIpc) is 2.95. The molecule has 100 valence electrons. The number of anilines is 1. The van der Waals surface area contributed by atoms with Crippen LogP contribution in [-0.4, -0.2) is 11.4 Å². The van der Waals surface area contributed by atoms with Crippen LogP contribution in [0, 0.1) is 0 Å². The SMILES string of the molecule is CC1(NC(=O)c2cc3cc(N)ccc3o2)CCCC1. The molecule has 0 radical (unpaired) electrons. The molecule has 1 aromatic carbocycles. The maximum Gasteiger partial charge on any atom is 0.287 e. The third kappa shape index (κ3) is 2.30. The Morgan fingerprint density at radius 2 is 2.05 bits per heavy atom. The normalized spacial score (nSPS) is 17.7. The van der Waals surface area contributed by atoms with Crippen molar-refractivity contribution in [1.82, 2.24) is 5.32 Å². The molecule has 0 unspecified atom stereocenters. The van der Waals surface area contributed by atoms with Gasteiger partial charge in [-0.1, -0.05) is 12.8 Å². The lowest BCUT2D eigenvalue weighted by molar-refractivity contribution is 0.0881. The molecule has 0 bridgehead atoms. The Balaban J connectivity index is 1.85. The summed E-state index contributed by atoms with van der Waals surface area (Å²) in [5.41, 5.74) is 6.99. The number of nitrogens with one attached hydrogen (secondary N) is 1. The number of rotatable bonds is 2. The molecule has 4 nitrogen and oxygen atoms in total. The number of amides is 1. The topological polar surface area (TPSA) is 68.3 Å². The fraction of sp³-hybridized carbons (Fsp3) is 0.400. The van der Waals surface area contributed by atoms with Crippen LogP contribution in [0.5, 0.6) is 0 Å². The number of benzene rings is 1. The van der Waals surface area contributed by atoms with Gasteiger partial charge in [-0.3, -0.25) is 4.79 Å². The van der Waals surface area contributed by atoms with Crippen LogP contribution >= 0.6 is 0 Å². The fourth-order valence-corrected chi connectivity index (χ4v) is 2.79. The number of hydrogen-bond acceptors (Lipinski definition) is 3. The van der Waals surface area contributed by atoms with Crippen LogP contribution in [0.2, 0.25) is 0 Å². The van der Waals surface area contributed by atoms with Gasteiger partial charge in [0.1, 0.15) is 5.58 Å². The van der Waals surface area contributed by atoms with Gasteiger partial charge in [0.15, 0.2) is 5.76 Å². The molecule has 2 aromatic rings. The number of hydrogen-bond donors (Lipinski definition) is 2. The fourth-order valence-electron chi connectivity index (χ4n) is 2.79. The number of fused-ring (bicyclic) bond motifs is 1. The van der Waals surface area contributed by atoms with Crippen molar-refractivity contribution in [1.29, 1.82) is 0 Å². The molecular weight excluding hydrogens is 240 g/mol. The van der Waals surface area contributed by atoms with E-state index in [9.17, 15) is 4.79 Å². The van der Waals surface area contributed by atoms with E-state index in [1.807, 2.05) is 6.07 Å². The summed E-state index contributed by atoms with van der Waals surface area (Å²) in [4.78, 5) is 12.2. The first kappa shape index (κ1) is 12.1. The highest BCUT2D eigenvalue weighted by Crippen LogP contribution is 2.29. The zero-order chi connectivity index (χ0) is 13.5. The molecule has 3 N–H and O–H groups in total. The average molecular weight is 258 g/mol. The van der Waals surface area contributed by atoms with E-state index < -0.39 is 0 Å². The highest BCUT2D eigenvalue weighted by Gasteiger charge is 2.31. The maximum absolute atomic E-state index is 12.2. The van der Waals surface area contributed by atoms with Crippen molar-refractivity contribution in [3.8, 4) is 0 Å². The van der Waals surface area contributed by atoms with Crippen LogP contribution in [0.3, 0.4) is 0 Å². The van der Waals surface area contributed by atoms with E-state index in [1.54, 1.807) is 18.2 Å². The molecule has 0 spiro atoms. The number of carbonyl (C=O) groups is 1. The van der Waals surface area contributed by atoms with Gasteiger partial charge in [0.2, 0.25) is 0 Å². The summed E-state index contributed by atoms with van der Waals surface area (Å²) in [7, 11) is 0. The van der Waals surface area contributed by atoms with Crippen LogP contribution in [0.25, 0.3) is 11.0 Å². The molecule has 1 aliphatic carbocycles. The summed E-state index contributed by atoms with van der Waals surface area (Å²) in [6, 6.07) is 7.12. The first-order valence-corrected chi connectivity index (χ1v) is 6.67. The number of nitrogen functional groups attached to an aromatic ring is 1. The van der Waals surface area contributed by atoms with Crippen LogP contribution in [0.4, 0.5) is 5.69 Å². The lowest BCUT2D eigenvalue weighted by Gasteiger charge is -2.24. The van der Waals surface area contributed by atoms with Gasteiger partial charge in [-0.05, 0) is 44.0 Å². The maximum atomic E-state index is 12.2. The quantitative estimate of drug-likeness (QED) is 0.813. The molecule has 4 heteroatoms. The number of nitrogens with two attached hydrogens (primary N) is 1. The summed E-state index contributed by atoms with van der Waals surface area (Å²) >= 11 is 0. The largest absolute Gasteiger partial charge is 0.451 e. The lowest BCUT2D eigenvalue weighted by Crippen LogP contribution is -2.43. The van der Waals surface area contributed by atoms with Gasteiger partial charge in [0, 0.05) is 16.6 Å². The third-order valence-corrected chi connectivity index (χ3v) is 3.89. The highest BCUT2D eigenvalue weighted by atomic mass is 16.3. The summed E-state index contributed by atoms with van der Waals surface area (Å²) in [6.07, 6.45) is 4.42. The molecule has 0 aliphatic heterocycles. The third-order valence-electron chi connectivity index (χ3n) is 3.89. The van der Waals surface area contributed by atoms with E-state index in [4.69, 9.17) is 10.2 Å². The molecule has 19 heavy (non-hydrogen) atoms. The molecule has 1 aromatic heterocycles. The van der Waals surface area contributed by atoms with Crippen molar-refractivity contribution in [2.45, 2.75) is 38.1 Å². The molecule has 3 rings (SSSR count). The summed E-state index contributed by atoms with van der Waals surface area (Å²) in [6.45, 7) is 2.10. The molecule has 1 saturated carbocycles. The standard InChI is InChI=1S/C15H18N2O2/c1-15(6-2-3-7-15)17-14(18)13-9-10-8-11(16)4-5-12(10)19-13/h4-5,8-9H,2-3,6-7,16H2,1H3,(H,17,18). The van der Waals surface area contributed by atoms with Gasteiger partial charge in [0.05, 0.1) is 0 Å². The van der Waals surface area contributed by atoms with Gasteiger partial charge >= 0.3 is 0 Å². The second-order valence-electron chi connectivity index (χ2n) is 5.63. The van der Waals surface area contributed by atoms with E-state index in [0.717, 1.165) is 18.2 Å². The summed E-state index contributed by atoms with van der Waals surface area (Å²) in [5.74, 6) is 0.216. The first-order chi connectivity index (χ1) is 9.06. The van der Waals surface area contributed by atoms with Crippen molar-refractivity contribution < 1.29 is 9.21 Å². The Morgan fingerprint density at radius 3 is 2.79 bits per heavy atom. The minimum Gasteiger partial charge on any atom is -0.451 e. The van der Waals surface area contributed by atoms with Crippen molar-refractivity contribution >= 4 is 22.6 Å². The van der Waals surface area contributed by atoms with Crippen molar-refractivity contribution in [2.24, 2.45) is 0 Å². The first-order valence-electron chi connectivity index (χ1n) is 6.67. The highest BCUT2D eigenvalue weighted by molar-refractivity contribution is 5.97. The molecule has 1 heterocycles. The van der Waals surface area contributed by atoms with Crippen LogP contribution < -0.4 is 11.1 Å². The Bertz CT molecular complexity index is 624. The molecule has 1 aliphatic rings. The van der Waals surface area contributed by atoms with Crippen LogP contribution in [-0.2, 0) is 0 Å². The zero-order valence-corrected chi connectivity index (χ0v) is 11.0. The van der Waals surface area contributed by atoms with Gasteiger partial charge < -0.3 is 15.5 Å². The van der Waals surface area contributed by atoms with E-state index in [-0.39, 0.29) is 11.4 Å². The smallest absolute Gasteiger partial charge is 0.287 e. The monoisotopic (exact) mass is 258 g/mol. The second-order valence-corrected chi connectivity index (χ2v) is 5.63. The van der Waals surface area contributed by atoms with Crippen molar-refractivity contribution in [3.05, 3.63) is 30.0 Å². The molecule has 0 saturated heterocycles. The summed E-state index contributed by atoms with van der Waals surface area (Å²) < 4.78 is 5.57. The Hall–Kier alpha value is -1.97. The zero-order valence-electron chi connectivity index (χ0n) is 11.0. The van der Waals surface area contributed by atoms with Crippen LogP contribution in [0.1, 0.15) is 43.2 Å². The second kappa shape index (κ2) is 4.30. The van der Waals surface area contributed by atoms with E-state index in [1.165, 1.54) is 12.8 Å². The predicted octanol–water partition coefficient (Wildman–Crippen LogP) is 3.08. The lowest BCUT2D eigenvalue weighted by atomic mass is 10.0. The van der Waals surface area contributed by atoms with Crippen molar-refractivity contribution in [2.75, 3.05) is 5.73 Å². The minimum absolute atomic E-state index is 0.0882. The Kier molecular flexibility index (Phi) is 2.73. The number of furan rings is 1. The molecule has 1 amide bonds. The molecular formula is C15H18N2O2. The van der Waals surface area contributed by atoms with E-state index in [0.29, 0.717) is 17.0 Å². The van der Waals surface area contributed by atoms with Gasteiger partial charge in [0.25, 0.3) is 5.91 Å². The Labute approximate surface area is 112 Å². The number of carbonyl (C=O) groups excluding carboxylic acids is 1. The van der Waals surface area contributed by atoms with Crippen LogP contribution in [0.15, 0.2) is 28.7 Å². The van der Waals surface area contributed by atoms with E-state index in [2.05, 4.69) is 12.2 Å². The Morgan fingerprint density at radius 1 is 1.32 bits per heavy atom. The van der Waals surface area contributed by atoms with Gasteiger partial charge in [-0.2, -0.15) is 0 Å². The van der Waals surface area contributed by atoms with Crippen molar-refractivity contribution in [3.63, 3.8) is 0 Å². The predicted molar refractivity (Wildman–Crippen MR) is 75.0 cm³/mol. The van der Waals surface area contributed by atoms with Gasteiger partial charge in [-0.25, -0.2) is 0 Å². The van der Waals surface area contributed by atoms with Gasteiger partial charge in [-0.15, -0.1) is 0 Å².